The topological polar surface area (TPSA) is 83.4 Å². The average Bonchev–Trinajstić information content (AvgIpc) is 2.65. The van der Waals surface area contributed by atoms with Gasteiger partial charge >= 0.3 is 5.97 Å². The lowest BCUT2D eigenvalue weighted by Gasteiger charge is -2.30. The van der Waals surface area contributed by atoms with Crippen LogP contribution in [0.1, 0.15) is 23.2 Å². The molecule has 25 heavy (non-hydrogen) atoms. The summed E-state index contributed by atoms with van der Waals surface area (Å²) in [5, 5.41) is 9.07. The second kappa shape index (κ2) is 6.12. The standard InChI is InChI=1S/C19H17N3O3/c23-18(22-9-7-12(8-10-22)19(24)25)13-5-6-16-17(11-13)21-15-4-2-1-3-14(15)20-16/h1-6,11-12H,7-10H2,(H,24,25). The molecule has 126 valence electrons. The van der Waals surface area contributed by atoms with Crippen LogP contribution in [-0.2, 0) is 4.79 Å². The number of fused-ring (bicyclic) bond motifs is 2. The highest BCUT2D eigenvalue weighted by atomic mass is 16.4. The van der Waals surface area contributed by atoms with Gasteiger partial charge in [0, 0.05) is 18.7 Å². The number of carbonyl (C=O) groups is 2. The number of hydrogen-bond donors (Lipinski definition) is 1. The van der Waals surface area contributed by atoms with Crippen LogP contribution < -0.4 is 0 Å². The van der Waals surface area contributed by atoms with E-state index >= 15 is 0 Å². The lowest BCUT2D eigenvalue weighted by Crippen LogP contribution is -2.40. The van der Waals surface area contributed by atoms with Crippen molar-refractivity contribution in [1.82, 2.24) is 14.9 Å². The molecule has 0 spiro atoms. The zero-order chi connectivity index (χ0) is 17.4. The van der Waals surface area contributed by atoms with Crippen LogP contribution in [0, 0.1) is 5.92 Å². The SMILES string of the molecule is O=C(O)C1CCN(C(=O)c2ccc3nc4ccccc4nc3c2)CC1. The van der Waals surface area contributed by atoms with Crippen LogP contribution in [0.15, 0.2) is 42.5 Å². The molecule has 0 atom stereocenters. The van der Waals surface area contributed by atoms with Crippen molar-refractivity contribution in [3.8, 4) is 0 Å². The lowest BCUT2D eigenvalue weighted by atomic mass is 9.96. The van der Waals surface area contributed by atoms with Gasteiger partial charge in [-0.05, 0) is 43.2 Å². The molecule has 0 unspecified atom stereocenters. The van der Waals surface area contributed by atoms with Crippen LogP contribution in [0.4, 0.5) is 0 Å². The molecule has 1 aromatic heterocycles. The number of hydrogen-bond acceptors (Lipinski definition) is 4. The number of para-hydroxylation sites is 2. The van der Waals surface area contributed by atoms with Gasteiger partial charge in [-0.15, -0.1) is 0 Å². The second-order valence-electron chi connectivity index (χ2n) is 6.32. The van der Waals surface area contributed by atoms with E-state index in [4.69, 9.17) is 5.11 Å². The van der Waals surface area contributed by atoms with Gasteiger partial charge in [-0.2, -0.15) is 0 Å². The molecule has 2 heterocycles. The van der Waals surface area contributed by atoms with E-state index in [1.807, 2.05) is 30.3 Å². The second-order valence-corrected chi connectivity index (χ2v) is 6.32. The molecule has 4 rings (SSSR count). The Labute approximate surface area is 144 Å². The van der Waals surface area contributed by atoms with Gasteiger partial charge in [-0.25, -0.2) is 9.97 Å². The number of amides is 1. The van der Waals surface area contributed by atoms with Crippen LogP contribution in [0.3, 0.4) is 0 Å². The zero-order valence-electron chi connectivity index (χ0n) is 13.6. The van der Waals surface area contributed by atoms with Crippen LogP contribution in [0.2, 0.25) is 0 Å². The first-order valence-corrected chi connectivity index (χ1v) is 8.30. The summed E-state index contributed by atoms with van der Waals surface area (Å²) in [6.45, 7) is 0.939. The van der Waals surface area contributed by atoms with Gasteiger partial charge in [0.2, 0.25) is 0 Å². The Kier molecular flexibility index (Phi) is 3.80. The number of benzene rings is 2. The van der Waals surface area contributed by atoms with E-state index < -0.39 is 5.97 Å². The molecule has 6 nitrogen and oxygen atoms in total. The summed E-state index contributed by atoms with van der Waals surface area (Å²) in [6, 6.07) is 13.0. The fourth-order valence-corrected chi connectivity index (χ4v) is 3.27. The molecule has 1 saturated heterocycles. The number of likely N-dealkylation sites (tertiary alicyclic amines) is 1. The lowest BCUT2D eigenvalue weighted by molar-refractivity contribution is -0.143. The number of piperidine rings is 1. The summed E-state index contributed by atoms with van der Waals surface area (Å²) in [6.07, 6.45) is 0.998. The molecule has 6 heteroatoms. The Balaban J connectivity index is 1.61. The minimum absolute atomic E-state index is 0.0827. The smallest absolute Gasteiger partial charge is 0.306 e. The summed E-state index contributed by atoms with van der Waals surface area (Å²) in [7, 11) is 0. The maximum Gasteiger partial charge on any atom is 0.306 e. The zero-order valence-corrected chi connectivity index (χ0v) is 13.6. The maximum atomic E-state index is 12.7. The van der Waals surface area contributed by atoms with Gasteiger partial charge < -0.3 is 10.0 Å². The molecule has 0 bridgehead atoms. The molecule has 1 amide bonds. The minimum atomic E-state index is -0.778. The van der Waals surface area contributed by atoms with Crippen molar-refractivity contribution in [3.05, 3.63) is 48.0 Å². The van der Waals surface area contributed by atoms with Crippen molar-refractivity contribution in [3.63, 3.8) is 0 Å². The van der Waals surface area contributed by atoms with Gasteiger partial charge in [0.25, 0.3) is 5.91 Å². The van der Waals surface area contributed by atoms with E-state index in [1.165, 1.54) is 0 Å². The molecule has 0 aliphatic carbocycles. The van der Waals surface area contributed by atoms with Crippen molar-refractivity contribution in [2.45, 2.75) is 12.8 Å². The predicted octanol–water partition coefficient (Wildman–Crippen LogP) is 2.72. The maximum absolute atomic E-state index is 12.7. The van der Waals surface area contributed by atoms with Crippen molar-refractivity contribution >= 4 is 33.9 Å². The predicted molar refractivity (Wildman–Crippen MR) is 93.3 cm³/mol. The highest BCUT2D eigenvalue weighted by Crippen LogP contribution is 2.21. The van der Waals surface area contributed by atoms with Crippen molar-refractivity contribution < 1.29 is 14.7 Å². The molecular formula is C19H17N3O3. The summed E-state index contributed by atoms with van der Waals surface area (Å²) in [5.74, 6) is -1.21. The molecule has 1 fully saturated rings. The Hall–Kier alpha value is -3.02. The Morgan fingerprint density at radius 1 is 0.920 bits per heavy atom. The molecule has 3 aromatic rings. The number of aromatic nitrogens is 2. The number of aliphatic carboxylic acids is 1. The van der Waals surface area contributed by atoms with E-state index in [1.54, 1.807) is 17.0 Å². The molecule has 1 aliphatic heterocycles. The third kappa shape index (κ3) is 2.91. The fourth-order valence-electron chi connectivity index (χ4n) is 3.27. The Bertz CT molecular complexity index is 978. The summed E-state index contributed by atoms with van der Waals surface area (Å²) in [4.78, 5) is 34.6. The average molecular weight is 335 g/mol. The first-order valence-electron chi connectivity index (χ1n) is 8.30. The van der Waals surface area contributed by atoms with Crippen LogP contribution in [0.25, 0.3) is 22.1 Å². The third-order valence-electron chi connectivity index (χ3n) is 4.72. The minimum Gasteiger partial charge on any atom is -0.481 e. The number of carboxylic acids is 1. The third-order valence-corrected chi connectivity index (χ3v) is 4.72. The van der Waals surface area contributed by atoms with Gasteiger partial charge in [0.1, 0.15) is 0 Å². The number of carbonyl (C=O) groups excluding carboxylic acids is 1. The van der Waals surface area contributed by atoms with Crippen LogP contribution in [-0.4, -0.2) is 44.9 Å². The molecule has 1 aliphatic rings. The number of rotatable bonds is 2. The molecule has 0 saturated carbocycles. The molecule has 0 radical (unpaired) electrons. The van der Waals surface area contributed by atoms with E-state index in [0.717, 1.165) is 16.6 Å². The first-order chi connectivity index (χ1) is 12.1. The summed E-state index contributed by atoms with van der Waals surface area (Å²) < 4.78 is 0. The number of nitrogens with zero attached hydrogens (tertiary/aromatic N) is 3. The molecule has 1 N–H and O–H groups in total. The van der Waals surface area contributed by atoms with Crippen molar-refractivity contribution in [2.24, 2.45) is 5.92 Å². The summed E-state index contributed by atoms with van der Waals surface area (Å²) in [5.41, 5.74) is 3.61. The van der Waals surface area contributed by atoms with E-state index in [0.29, 0.717) is 37.0 Å². The Morgan fingerprint density at radius 2 is 1.52 bits per heavy atom. The highest BCUT2D eigenvalue weighted by Gasteiger charge is 2.27. The van der Waals surface area contributed by atoms with Crippen molar-refractivity contribution in [1.29, 1.82) is 0 Å². The van der Waals surface area contributed by atoms with Crippen LogP contribution in [0.5, 0.6) is 0 Å². The van der Waals surface area contributed by atoms with Crippen LogP contribution >= 0.6 is 0 Å². The van der Waals surface area contributed by atoms with E-state index in [9.17, 15) is 9.59 Å². The number of carboxylic acid groups (broad SMARTS) is 1. The van der Waals surface area contributed by atoms with E-state index in [2.05, 4.69) is 9.97 Å². The summed E-state index contributed by atoms with van der Waals surface area (Å²) >= 11 is 0. The fraction of sp³-hybridized carbons (Fsp3) is 0.263. The highest BCUT2D eigenvalue weighted by molar-refractivity contribution is 5.98. The first kappa shape index (κ1) is 15.5. The normalized spacial score (nSPS) is 15.6. The molecule has 2 aromatic carbocycles. The van der Waals surface area contributed by atoms with Gasteiger partial charge in [-0.1, -0.05) is 12.1 Å². The molecular weight excluding hydrogens is 318 g/mol. The van der Waals surface area contributed by atoms with Gasteiger partial charge in [0.05, 0.1) is 28.0 Å². The monoisotopic (exact) mass is 335 g/mol. The quantitative estimate of drug-likeness (QED) is 0.728. The van der Waals surface area contributed by atoms with Crippen molar-refractivity contribution in [2.75, 3.05) is 13.1 Å². The van der Waals surface area contributed by atoms with Gasteiger partial charge in [0.15, 0.2) is 0 Å². The Morgan fingerprint density at radius 3 is 2.16 bits per heavy atom. The largest absolute Gasteiger partial charge is 0.481 e. The van der Waals surface area contributed by atoms with Gasteiger partial charge in [-0.3, -0.25) is 9.59 Å². The van der Waals surface area contributed by atoms with E-state index in [-0.39, 0.29) is 11.8 Å².